The lowest BCUT2D eigenvalue weighted by molar-refractivity contribution is 0.0921. The molecular weight excluding hydrogens is 218 g/mol. The summed E-state index contributed by atoms with van der Waals surface area (Å²) in [7, 11) is 0. The van der Waals surface area contributed by atoms with E-state index in [0.717, 1.165) is 18.2 Å². The summed E-state index contributed by atoms with van der Waals surface area (Å²) in [4.78, 5) is 10.7. The average Bonchev–Trinajstić information content (AvgIpc) is 2.94. The highest BCUT2D eigenvalue weighted by Crippen LogP contribution is 2.25. The molecule has 2 aromatic rings. The van der Waals surface area contributed by atoms with Gasteiger partial charge in [-0.2, -0.15) is 5.10 Å². The Labute approximate surface area is 98.7 Å². The smallest absolute Gasteiger partial charge is 0.225 e. The van der Waals surface area contributed by atoms with Crippen LogP contribution in [0.5, 0.6) is 0 Å². The molecule has 1 saturated heterocycles. The molecule has 3 heterocycles. The Morgan fingerprint density at radius 1 is 1.29 bits per heavy atom. The van der Waals surface area contributed by atoms with Crippen LogP contribution in [0.2, 0.25) is 0 Å². The Balaban J connectivity index is 1.91. The molecule has 0 saturated carbocycles. The van der Waals surface area contributed by atoms with Crippen molar-refractivity contribution in [1.29, 1.82) is 0 Å². The Morgan fingerprint density at radius 3 is 2.94 bits per heavy atom. The molecule has 3 rings (SSSR count). The number of aromatic nitrogens is 4. The fourth-order valence-electron chi connectivity index (χ4n) is 1.99. The first-order valence-corrected chi connectivity index (χ1v) is 5.56. The molecule has 0 aromatic carbocycles. The van der Waals surface area contributed by atoms with Crippen molar-refractivity contribution in [3.05, 3.63) is 36.4 Å². The highest BCUT2D eigenvalue weighted by Gasteiger charge is 2.27. The number of nitrogens with zero attached hydrogens (tertiary/aromatic N) is 4. The molecule has 0 bridgehead atoms. The van der Waals surface area contributed by atoms with E-state index in [4.69, 9.17) is 4.74 Å². The molecule has 0 unspecified atom stereocenters. The van der Waals surface area contributed by atoms with Gasteiger partial charge in [-0.3, -0.25) is 5.10 Å². The third-order valence-electron chi connectivity index (χ3n) is 2.82. The van der Waals surface area contributed by atoms with Crippen molar-refractivity contribution in [2.45, 2.75) is 6.04 Å². The maximum Gasteiger partial charge on any atom is 0.225 e. The lowest BCUT2D eigenvalue weighted by Gasteiger charge is -2.34. The van der Waals surface area contributed by atoms with Crippen molar-refractivity contribution in [2.75, 3.05) is 24.7 Å². The molecule has 1 atom stereocenters. The van der Waals surface area contributed by atoms with Crippen LogP contribution in [0, 0.1) is 0 Å². The summed E-state index contributed by atoms with van der Waals surface area (Å²) in [6.07, 6.45) is 5.25. The lowest BCUT2D eigenvalue weighted by atomic mass is 10.1. The Bertz CT molecular complexity index is 458. The van der Waals surface area contributed by atoms with Gasteiger partial charge in [-0.15, -0.1) is 0 Å². The van der Waals surface area contributed by atoms with Crippen LogP contribution in [-0.2, 0) is 4.74 Å². The summed E-state index contributed by atoms with van der Waals surface area (Å²) in [6.45, 7) is 2.11. The molecule has 6 nitrogen and oxygen atoms in total. The van der Waals surface area contributed by atoms with E-state index in [1.54, 1.807) is 18.6 Å². The monoisotopic (exact) mass is 231 g/mol. The number of H-pyrrole nitrogens is 1. The average molecular weight is 231 g/mol. The number of anilines is 1. The molecule has 0 aliphatic carbocycles. The van der Waals surface area contributed by atoms with Crippen molar-refractivity contribution >= 4 is 5.95 Å². The number of hydrogen-bond donors (Lipinski definition) is 1. The van der Waals surface area contributed by atoms with E-state index in [1.807, 2.05) is 12.1 Å². The summed E-state index contributed by atoms with van der Waals surface area (Å²) in [6, 6.07) is 3.87. The quantitative estimate of drug-likeness (QED) is 0.827. The minimum absolute atomic E-state index is 0.105. The van der Waals surface area contributed by atoms with Crippen molar-refractivity contribution in [3.63, 3.8) is 0 Å². The number of nitrogens with one attached hydrogen (secondary N) is 1. The summed E-state index contributed by atoms with van der Waals surface area (Å²) in [5.41, 5.74) is 1.03. The lowest BCUT2D eigenvalue weighted by Crippen LogP contribution is -2.40. The molecule has 1 aliphatic rings. The van der Waals surface area contributed by atoms with Gasteiger partial charge in [0.05, 0.1) is 24.9 Å². The van der Waals surface area contributed by atoms with Gasteiger partial charge in [0.2, 0.25) is 5.95 Å². The van der Waals surface area contributed by atoms with Crippen molar-refractivity contribution in [3.8, 4) is 0 Å². The van der Waals surface area contributed by atoms with Crippen LogP contribution in [0.25, 0.3) is 0 Å². The van der Waals surface area contributed by atoms with Crippen molar-refractivity contribution in [2.24, 2.45) is 0 Å². The number of rotatable bonds is 2. The SMILES string of the molecule is c1cnc(N2CCOC[C@@H]2c2ccn[nH]2)nc1. The molecular formula is C11H13N5O. The van der Waals surface area contributed by atoms with E-state index in [9.17, 15) is 0 Å². The van der Waals surface area contributed by atoms with Gasteiger partial charge in [-0.25, -0.2) is 9.97 Å². The third kappa shape index (κ3) is 1.99. The van der Waals surface area contributed by atoms with Gasteiger partial charge in [-0.1, -0.05) is 0 Å². The Kier molecular flexibility index (Phi) is 2.71. The summed E-state index contributed by atoms with van der Waals surface area (Å²) in [5.74, 6) is 0.732. The standard InChI is InChI=1S/C11H13N5O/c1-3-12-11(13-4-1)16-6-7-17-8-10(16)9-2-5-14-15-9/h1-5,10H,6-8H2,(H,14,15)/t10-/m1/s1. The van der Waals surface area contributed by atoms with E-state index in [0.29, 0.717) is 13.2 Å². The van der Waals surface area contributed by atoms with Gasteiger partial charge in [-0.05, 0) is 12.1 Å². The normalized spacial score (nSPS) is 20.5. The molecule has 17 heavy (non-hydrogen) atoms. The van der Waals surface area contributed by atoms with Gasteiger partial charge in [0.15, 0.2) is 0 Å². The number of hydrogen-bond acceptors (Lipinski definition) is 5. The Hall–Kier alpha value is -1.95. The van der Waals surface area contributed by atoms with E-state index >= 15 is 0 Å². The summed E-state index contributed by atoms with van der Waals surface area (Å²) >= 11 is 0. The second-order valence-electron chi connectivity index (χ2n) is 3.84. The number of ether oxygens (including phenoxy) is 1. The fourth-order valence-corrected chi connectivity index (χ4v) is 1.99. The van der Waals surface area contributed by atoms with E-state index in [1.165, 1.54) is 0 Å². The van der Waals surface area contributed by atoms with Crippen LogP contribution in [-0.4, -0.2) is 39.9 Å². The molecule has 88 valence electrons. The maximum absolute atomic E-state index is 5.51. The molecule has 0 amide bonds. The molecule has 6 heteroatoms. The van der Waals surface area contributed by atoms with Crippen LogP contribution in [0.4, 0.5) is 5.95 Å². The topological polar surface area (TPSA) is 66.9 Å². The Morgan fingerprint density at radius 2 is 2.18 bits per heavy atom. The first-order chi connectivity index (χ1) is 8.45. The van der Waals surface area contributed by atoms with Gasteiger partial charge in [0.25, 0.3) is 0 Å². The minimum Gasteiger partial charge on any atom is -0.377 e. The summed E-state index contributed by atoms with van der Waals surface area (Å²) in [5, 5.41) is 6.96. The largest absolute Gasteiger partial charge is 0.377 e. The van der Waals surface area contributed by atoms with Crippen LogP contribution in [0.15, 0.2) is 30.7 Å². The predicted octanol–water partition coefficient (Wildman–Crippen LogP) is 0.778. The van der Waals surface area contributed by atoms with Crippen LogP contribution < -0.4 is 4.90 Å². The van der Waals surface area contributed by atoms with Gasteiger partial charge < -0.3 is 9.64 Å². The molecule has 2 aromatic heterocycles. The van der Waals surface area contributed by atoms with Crippen LogP contribution in [0.1, 0.15) is 11.7 Å². The number of aromatic amines is 1. The van der Waals surface area contributed by atoms with Gasteiger partial charge >= 0.3 is 0 Å². The molecule has 0 spiro atoms. The van der Waals surface area contributed by atoms with Crippen LogP contribution in [0.3, 0.4) is 0 Å². The maximum atomic E-state index is 5.51. The third-order valence-corrected chi connectivity index (χ3v) is 2.82. The van der Waals surface area contributed by atoms with Gasteiger partial charge in [0.1, 0.15) is 0 Å². The zero-order chi connectivity index (χ0) is 11.5. The van der Waals surface area contributed by atoms with Crippen LogP contribution >= 0.6 is 0 Å². The second kappa shape index (κ2) is 4.50. The highest BCUT2D eigenvalue weighted by atomic mass is 16.5. The first-order valence-electron chi connectivity index (χ1n) is 5.56. The molecule has 1 N–H and O–H groups in total. The summed E-state index contributed by atoms with van der Waals surface area (Å²) < 4.78 is 5.51. The number of morpholine rings is 1. The molecule has 0 radical (unpaired) electrons. The zero-order valence-corrected chi connectivity index (χ0v) is 9.28. The molecule has 1 aliphatic heterocycles. The highest BCUT2D eigenvalue weighted by molar-refractivity contribution is 5.34. The minimum atomic E-state index is 0.105. The first kappa shape index (κ1) is 10.2. The predicted molar refractivity (Wildman–Crippen MR) is 61.5 cm³/mol. The van der Waals surface area contributed by atoms with Gasteiger partial charge in [0, 0.05) is 25.1 Å². The van der Waals surface area contributed by atoms with Crippen molar-refractivity contribution in [1.82, 2.24) is 20.2 Å². The zero-order valence-electron chi connectivity index (χ0n) is 9.28. The van der Waals surface area contributed by atoms with E-state index < -0.39 is 0 Å². The molecule has 1 fully saturated rings. The van der Waals surface area contributed by atoms with E-state index in [-0.39, 0.29) is 6.04 Å². The fraction of sp³-hybridized carbons (Fsp3) is 0.364. The van der Waals surface area contributed by atoms with Crippen molar-refractivity contribution < 1.29 is 4.74 Å². The second-order valence-corrected chi connectivity index (χ2v) is 3.84. The van der Waals surface area contributed by atoms with E-state index in [2.05, 4.69) is 25.1 Å².